The molecule has 2 aromatic heterocycles. The summed E-state index contributed by atoms with van der Waals surface area (Å²) in [5.74, 6) is 0.964. The van der Waals surface area contributed by atoms with Crippen molar-refractivity contribution in [1.29, 1.82) is 0 Å². The maximum absolute atomic E-state index is 6.13. The molecule has 0 spiro atoms. The Labute approximate surface area is 143 Å². The van der Waals surface area contributed by atoms with Crippen molar-refractivity contribution in [3.8, 4) is 11.3 Å². The lowest BCUT2D eigenvalue weighted by Gasteiger charge is -2.16. The van der Waals surface area contributed by atoms with Crippen LogP contribution in [0.25, 0.3) is 16.9 Å². The number of halogens is 1. The minimum absolute atomic E-state index is 0.504. The maximum Gasteiger partial charge on any atom is 0.172 e. The number of aromatic nitrogens is 3. The standard InChI is InChI=1S/C17H18BrN5/c18-13-10-20-23-16(21-11-5-1-2-6-11)9-15(22-17(13)23)12-7-3-4-8-14(12)19/h3-4,7-11,21H,1-2,5-6,19H2. The van der Waals surface area contributed by atoms with Crippen LogP contribution in [0.3, 0.4) is 0 Å². The molecule has 1 aromatic carbocycles. The van der Waals surface area contributed by atoms with E-state index in [-0.39, 0.29) is 0 Å². The molecule has 0 radical (unpaired) electrons. The van der Waals surface area contributed by atoms with Crippen molar-refractivity contribution in [3.63, 3.8) is 0 Å². The number of fused-ring (bicyclic) bond motifs is 1. The molecular formula is C17H18BrN5. The lowest BCUT2D eigenvalue weighted by molar-refractivity contribution is 0.740. The number of nitrogens with zero attached hydrogens (tertiary/aromatic N) is 3. The summed E-state index contributed by atoms with van der Waals surface area (Å²) in [7, 11) is 0. The molecule has 1 aliphatic carbocycles. The first-order valence-electron chi connectivity index (χ1n) is 7.88. The van der Waals surface area contributed by atoms with E-state index < -0.39 is 0 Å². The molecule has 3 N–H and O–H groups in total. The van der Waals surface area contributed by atoms with Gasteiger partial charge in [-0.25, -0.2) is 4.98 Å². The molecule has 0 amide bonds. The fraction of sp³-hybridized carbons (Fsp3) is 0.294. The van der Waals surface area contributed by atoms with Gasteiger partial charge in [-0.1, -0.05) is 31.0 Å². The van der Waals surface area contributed by atoms with Crippen LogP contribution >= 0.6 is 15.9 Å². The first kappa shape index (κ1) is 14.5. The molecule has 5 nitrogen and oxygen atoms in total. The highest BCUT2D eigenvalue weighted by molar-refractivity contribution is 9.10. The summed E-state index contributed by atoms with van der Waals surface area (Å²) in [5, 5.41) is 8.06. The summed E-state index contributed by atoms with van der Waals surface area (Å²) in [5.41, 5.74) is 9.46. The van der Waals surface area contributed by atoms with Crippen LogP contribution in [0.5, 0.6) is 0 Å². The van der Waals surface area contributed by atoms with Crippen LogP contribution in [0.1, 0.15) is 25.7 Å². The molecule has 4 rings (SSSR count). The quantitative estimate of drug-likeness (QED) is 0.680. The van der Waals surface area contributed by atoms with Crippen molar-refractivity contribution in [1.82, 2.24) is 14.6 Å². The van der Waals surface area contributed by atoms with E-state index in [0.29, 0.717) is 6.04 Å². The van der Waals surface area contributed by atoms with Crippen molar-refractivity contribution in [2.45, 2.75) is 31.7 Å². The molecule has 118 valence electrons. The summed E-state index contributed by atoms with van der Waals surface area (Å²) >= 11 is 3.53. The highest BCUT2D eigenvalue weighted by Gasteiger charge is 2.18. The van der Waals surface area contributed by atoms with Gasteiger partial charge in [-0.2, -0.15) is 9.61 Å². The van der Waals surface area contributed by atoms with Gasteiger partial charge in [0, 0.05) is 23.4 Å². The van der Waals surface area contributed by atoms with E-state index in [1.807, 2.05) is 34.8 Å². The second kappa shape index (κ2) is 5.85. The normalized spacial score (nSPS) is 15.3. The van der Waals surface area contributed by atoms with Crippen LogP contribution in [-0.4, -0.2) is 20.6 Å². The Balaban J connectivity index is 1.85. The molecular weight excluding hydrogens is 354 g/mol. The first-order valence-corrected chi connectivity index (χ1v) is 8.67. The molecule has 0 bridgehead atoms. The van der Waals surface area contributed by atoms with Gasteiger partial charge >= 0.3 is 0 Å². The summed E-state index contributed by atoms with van der Waals surface area (Å²) in [6.45, 7) is 0. The molecule has 0 atom stereocenters. The zero-order chi connectivity index (χ0) is 15.8. The van der Waals surface area contributed by atoms with Crippen LogP contribution in [-0.2, 0) is 0 Å². The SMILES string of the molecule is Nc1ccccc1-c1cc(NC2CCCC2)n2ncc(Br)c2n1. The number of anilines is 2. The average molecular weight is 372 g/mol. The molecule has 2 heterocycles. The molecule has 1 aliphatic rings. The second-order valence-electron chi connectivity index (χ2n) is 5.97. The van der Waals surface area contributed by atoms with Gasteiger partial charge in [-0.15, -0.1) is 0 Å². The number of nitrogens with two attached hydrogens (primary N) is 1. The van der Waals surface area contributed by atoms with Gasteiger partial charge in [0.15, 0.2) is 5.65 Å². The lowest BCUT2D eigenvalue weighted by atomic mass is 10.1. The Hall–Kier alpha value is -2.08. The number of nitrogen functional groups attached to an aromatic ring is 1. The Bertz CT molecular complexity index is 851. The van der Waals surface area contributed by atoms with Crippen molar-refractivity contribution < 1.29 is 0 Å². The summed E-state index contributed by atoms with van der Waals surface area (Å²) < 4.78 is 2.73. The van der Waals surface area contributed by atoms with E-state index in [2.05, 4.69) is 26.3 Å². The van der Waals surface area contributed by atoms with E-state index in [0.717, 1.165) is 32.9 Å². The Morgan fingerprint density at radius 1 is 1.22 bits per heavy atom. The van der Waals surface area contributed by atoms with Gasteiger partial charge in [-0.05, 0) is 34.8 Å². The van der Waals surface area contributed by atoms with E-state index in [9.17, 15) is 0 Å². The maximum atomic E-state index is 6.13. The number of nitrogens with one attached hydrogen (secondary N) is 1. The monoisotopic (exact) mass is 371 g/mol. The number of benzene rings is 1. The summed E-state index contributed by atoms with van der Waals surface area (Å²) in [6.07, 6.45) is 6.75. The minimum atomic E-state index is 0.504. The summed E-state index contributed by atoms with van der Waals surface area (Å²) in [6, 6.07) is 10.4. The molecule has 3 aromatic rings. The first-order chi connectivity index (χ1) is 11.2. The fourth-order valence-electron chi connectivity index (χ4n) is 3.19. The lowest BCUT2D eigenvalue weighted by Crippen LogP contribution is -2.17. The third-order valence-corrected chi connectivity index (χ3v) is 4.93. The minimum Gasteiger partial charge on any atom is -0.398 e. The predicted octanol–water partition coefficient (Wildman–Crippen LogP) is 4.10. The van der Waals surface area contributed by atoms with Crippen LogP contribution in [0, 0.1) is 0 Å². The van der Waals surface area contributed by atoms with Crippen LogP contribution < -0.4 is 11.1 Å². The Morgan fingerprint density at radius 2 is 2.00 bits per heavy atom. The van der Waals surface area contributed by atoms with Crippen molar-refractivity contribution in [3.05, 3.63) is 41.0 Å². The zero-order valence-corrected chi connectivity index (χ0v) is 14.3. The van der Waals surface area contributed by atoms with Crippen LogP contribution in [0.4, 0.5) is 11.5 Å². The molecule has 1 fully saturated rings. The molecule has 1 saturated carbocycles. The van der Waals surface area contributed by atoms with Crippen molar-refractivity contribution in [2.24, 2.45) is 0 Å². The molecule has 0 aliphatic heterocycles. The van der Waals surface area contributed by atoms with Gasteiger partial charge < -0.3 is 11.1 Å². The topological polar surface area (TPSA) is 68.2 Å². The van der Waals surface area contributed by atoms with E-state index in [1.54, 1.807) is 6.20 Å². The van der Waals surface area contributed by atoms with Crippen LogP contribution in [0.15, 0.2) is 41.0 Å². The van der Waals surface area contributed by atoms with Gasteiger partial charge in [-0.3, -0.25) is 0 Å². The highest BCUT2D eigenvalue weighted by atomic mass is 79.9. The largest absolute Gasteiger partial charge is 0.398 e. The van der Waals surface area contributed by atoms with E-state index in [1.165, 1.54) is 25.7 Å². The van der Waals surface area contributed by atoms with Gasteiger partial charge in [0.2, 0.25) is 0 Å². The zero-order valence-electron chi connectivity index (χ0n) is 12.7. The van der Waals surface area contributed by atoms with Gasteiger partial charge in [0.1, 0.15) is 5.82 Å². The van der Waals surface area contributed by atoms with E-state index >= 15 is 0 Å². The number of hydrogen-bond donors (Lipinski definition) is 2. The number of rotatable bonds is 3. The third kappa shape index (κ3) is 2.67. The molecule has 0 saturated heterocycles. The van der Waals surface area contributed by atoms with Crippen molar-refractivity contribution >= 4 is 33.1 Å². The van der Waals surface area contributed by atoms with Crippen LogP contribution in [0.2, 0.25) is 0 Å². The van der Waals surface area contributed by atoms with Gasteiger partial charge in [0.05, 0.1) is 16.4 Å². The summed E-state index contributed by atoms with van der Waals surface area (Å²) in [4.78, 5) is 4.73. The average Bonchev–Trinajstić information content (AvgIpc) is 3.18. The predicted molar refractivity (Wildman–Crippen MR) is 96.4 cm³/mol. The highest BCUT2D eigenvalue weighted by Crippen LogP contribution is 2.30. The number of para-hydroxylation sites is 1. The Kier molecular flexibility index (Phi) is 3.69. The molecule has 6 heteroatoms. The number of hydrogen-bond acceptors (Lipinski definition) is 4. The van der Waals surface area contributed by atoms with Crippen molar-refractivity contribution in [2.75, 3.05) is 11.1 Å². The smallest absolute Gasteiger partial charge is 0.172 e. The second-order valence-corrected chi connectivity index (χ2v) is 6.82. The fourth-order valence-corrected chi connectivity index (χ4v) is 3.53. The molecule has 0 unspecified atom stereocenters. The molecule has 23 heavy (non-hydrogen) atoms. The van der Waals surface area contributed by atoms with Gasteiger partial charge in [0.25, 0.3) is 0 Å². The third-order valence-electron chi connectivity index (χ3n) is 4.37. The Morgan fingerprint density at radius 3 is 2.78 bits per heavy atom. The van der Waals surface area contributed by atoms with E-state index in [4.69, 9.17) is 10.7 Å².